The predicted molar refractivity (Wildman–Crippen MR) is 85.2 cm³/mol. The van der Waals surface area contributed by atoms with Crippen LogP contribution in [0.5, 0.6) is 0 Å². The molecule has 0 spiro atoms. The Morgan fingerprint density at radius 1 is 1.08 bits per heavy atom. The van der Waals surface area contributed by atoms with Crippen molar-refractivity contribution in [1.29, 1.82) is 0 Å². The highest BCUT2D eigenvalue weighted by Gasteiger charge is 2.39. The standard InChI is InChI=1S/C16H12N6O4/c1-9-13(17-19-21(9)12-7-8-20(2)18-12)16(25)26-22-14(23)10-5-3-4-6-11(10)15(22)24/h3-8H,1-2H3. The van der Waals surface area contributed by atoms with E-state index in [1.54, 1.807) is 43.0 Å². The van der Waals surface area contributed by atoms with Gasteiger partial charge in [-0.25, -0.2) is 4.79 Å². The van der Waals surface area contributed by atoms with Crippen molar-refractivity contribution >= 4 is 17.8 Å². The number of carbonyl (C=O) groups excluding carboxylic acids is 3. The van der Waals surface area contributed by atoms with Gasteiger partial charge in [-0.3, -0.25) is 14.3 Å². The van der Waals surface area contributed by atoms with Gasteiger partial charge in [-0.15, -0.1) is 5.10 Å². The Hall–Kier alpha value is -3.82. The van der Waals surface area contributed by atoms with E-state index >= 15 is 0 Å². The van der Waals surface area contributed by atoms with E-state index in [1.165, 1.54) is 16.8 Å². The number of aromatic nitrogens is 5. The third-order valence-electron chi connectivity index (χ3n) is 3.94. The summed E-state index contributed by atoms with van der Waals surface area (Å²) < 4.78 is 2.94. The number of carbonyl (C=O) groups is 3. The molecule has 0 unspecified atom stereocenters. The minimum absolute atomic E-state index is 0.118. The molecule has 130 valence electrons. The first kappa shape index (κ1) is 15.7. The summed E-state index contributed by atoms with van der Waals surface area (Å²) in [6.07, 6.45) is 1.72. The van der Waals surface area contributed by atoms with Crippen molar-refractivity contribution in [1.82, 2.24) is 29.8 Å². The van der Waals surface area contributed by atoms with Gasteiger partial charge in [-0.1, -0.05) is 22.4 Å². The smallest absolute Gasteiger partial charge is 0.322 e. The van der Waals surface area contributed by atoms with Crippen LogP contribution in [-0.2, 0) is 11.9 Å². The summed E-state index contributed by atoms with van der Waals surface area (Å²) in [6, 6.07) is 7.93. The van der Waals surface area contributed by atoms with Gasteiger partial charge in [0.05, 0.1) is 16.8 Å². The molecule has 3 heterocycles. The second-order valence-corrected chi connectivity index (χ2v) is 5.61. The number of benzene rings is 1. The van der Waals surface area contributed by atoms with Gasteiger partial charge in [0, 0.05) is 19.3 Å². The van der Waals surface area contributed by atoms with Crippen LogP contribution >= 0.6 is 0 Å². The van der Waals surface area contributed by atoms with Gasteiger partial charge in [-0.05, 0) is 19.1 Å². The van der Waals surface area contributed by atoms with Crippen LogP contribution in [-0.4, -0.2) is 47.6 Å². The molecule has 0 atom stereocenters. The molecule has 0 radical (unpaired) electrons. The number of hydrogen-bond acceptors (Lipinski definition) is 7. The van der Waals surface area contributed by atoms with E-state index in [4.69, 9.17) is 4.84 Å². The number of rotatable bonds is 3. The summed E-state index contributed by atoms with van der Waals surface area (Å²) in [5.74, 6) is -1.89. The molecule has 0 fully saturated rings. The first-order chi connectivity index (χ1) is 12.5. The number of aryl methyl sites for hydroxylation is 1. The minimum atomic E-state index is -0.959. The Labute approximate surface area is 146 Å². The van der Waals surface area contributed by atoms with Crippen LogP contribution in [0.1, 0.15) is 36.9 Å². The van der Waals surface area contributed by atoms with Gasteiger partial charge >= 0.3 is 5.97 Å². The maximum Gasteiger partial charge on any atom is 0.385 e. The van der Waals surface area contributed by atoms with Crippen molar-refractivity contribution in [3.8, 4) is 5.82 Å². The number of fused-ring (bicyclic) bond motifs is 1. The molecule has 1 aromatic carbocycles. The molecular formula is C16H12N6O4. The van der Waals surface area contributed by atoms with E-state index in [9.17, 15) is 14.4 Å². The highest BCUT2D eigenvalue weighted by Crippen LogP contribution is 2.23. The average Bonchev–Trinajstić information content (AvgIpc) is 3.29. The van der Waals surface area contributed by atoms with Crippen LogP contribution < -0.4 is 0 Å². The molecule has 2 aromatic heterocycles. The van der Waals surface area contributed by atoms with Gasteiger partial charge in [0.1, 0.15) is 0 Å². The Bertz CT molecular complexity index is 1030. The van der Waals surface area contributed by atoms with Crippen LogP contribution in [0.15, 0.2) is 36.5 Å². The Kier molecular flexibility index (Phi) is 3.39. The largest absolute Gasteiger partial charge is 0.385 e. The molecule has 0 saturated heterocycles. The zero-order chi connectivity index (χ0) is 18.4. The molecule has 0 aliphatic carbocycles. The highest BCUT2D eigenvalue weighted by molar-refractivity contribution is 6.21. The van der Waals surface area contributed by atoms with Crippen molar-refractivity contribution in [3.05, 3.63) is 59.0 Å². The fraction of sp³-hybridized carbons (Fsp3) is 0.125. The summed E-state index contributed by atoms with van der Waals surface area (Å²) >= 11 is 0. The van der Waals surface area contributed by atoms with Crippen molar-refractivity contribution in [2.75, 3.05) is 0 Å². The number of imide groups is 1. The average molecular weight is 352 g/mol. The van der Waals surface area contributed by atoms with Crippen molar-refractivity contribution in [2.45, 2.75) is 6.92 Å². The predicted octanol–water partition coefficient (Wildman–Crippen LogP) is 0.677. The summed E-state index contributed by atoms with van der Waals surface area (Å²) in [5.41, 5.74) is 0.607. The fourth-order valence-corrected chi connectivity index (χ4v) is 2.63. The van der Waals surface area contributed by atoms with E-state index in [1.807, 2.05) is 0 Å². The van der Waals surface area contributed by atoms with E-state index in [-0.39, 0.29) is 16.8 Å². The summed E-state index contributed by atoms with van der Waals surface area (Å²) in [5, 5.41) is 12.3. The molecule has 1 aliphatic rings. The summed E-state index contributed by atoms with van der Waals surface area (Å²) in [7, 11) is 1.74. The molecule has 10 nitrogen and oxygen atoms in total. The zero-order valence-corrected chi connectivity index (χ0v) is 13.8. The second-order valence-electron chi connectivity index (χ2n) is 5.61. The second kappa shape index (κ2) is 5.62. The van der Waals surface area contributed by atoms with E-state index in [0.717, 1.165) is 0 Å². The lowest BCUT2D eigenvalue weighted by molar-refractivity contribution is -0.0589. The molecule has 26 heavy (non-hydrogen) atoms. The number of hydrogen-bond donors (Lipinski definition) is 0. The van der Waals surface area contributed by atoms with Crippen LogP contribution in [0.3, 0.4) is 0 Å². The lowest BCUT2D eigenvalue weighted by Crippen LogP contribution is -2.33. The van der Waals surface area contributed by atoms with Gasteiger partial charge in [0.2, 0.25) is 0 Å². The van der Waals surface area contributed by atoms with Crippen LogP contribution in [0.4, 0.5) is 0 Å². The topological polar surface area (TPSA) is 112 Å². The van der Waals surface area contributed by atoms with Crippen molar-refractivity contribution in [3.63, 3.8) is 0 Å². The molecule has 0 bridgehead atoms. The van der Waals surface area contributed by atoms with Gasteiger partial charge < -0.3 is 4.84 Å². The lowest BCUT2D eigenvalue weighted by Gasteiger charge is -2.11. The van der Waals surface area contributed by atoms with Crippen LogP contribution in [0.2, 0.25) is 0 Å². The highest BCUT2D eigenvalue weighted by atomic mass is 16.7. The molecule has 10 heteroatoms. The monoisotopic (exact) mass is 352 g/mol. The summed E-state index contributed by atoms with van der Waals surface area (Å²) in [4.78, 5) is 41.9. The molecule has 2 amide bonds. The first-order valence-corrected chi connectivity index (χ1v) is 7.60. The maximum atomic E-state index is 12.4. The quantitative estimate of drug-likeness (QED) is 0.637. The number of hydroxylamine groups is 2. The molecule has 1 aliphatic heterocycles. The summed E-state index contributed by atoms with van der Waals surface area (Å²) in [6.45, 7) is 1.60. The lowest BCUT2D eigenvalue weighted by atomic mass is 10.1. The fourth-order valence-electron chi connectivity index (χ4n) is 2.63. The van der Waals surface area contributed by atoms with Crippen LogP contribution in [0.25, 0.3) is 5.82 Å². The van der Waals surface area contributed by atoms with Gasteiger partial charge in [0.25, 0.3) is 11.8 Å². The normalized spacial score (nSPS) is 13.2. The van der Waals surface area contributed by atoms with E-state index < -0.39 is 17.8 Å². The Morgan fingerprint density at radius 3 is 2.31 bits per heavy atom. The third-order valence-corrected chi connectivity index (χ3v) is 3.94. The maximum absolute atomic E-state index is 12.4. The minimum Gasteiger partial charge on any atom is -0.322 e. The third kappa shape index (κ3) is 2.27. The van der Waals surface area contributed by atoms with Gasteiger partial charge in [-0.2, -0.15) is 9.78 Å². The zero-order valence-electron chi connectivity index (χ0n) is 13.8. The Morgan fingerprint density at radius 2 is 1.73 bits per heavy atom. The van der Waals surface area contributed by atoms with Crippen molar-refractivity contribution < 1.29 is 19.2 Å². The first-order valence-electron chi connectivity index (χ1n) is 7.60. The molecule has 0 saturated carbocycles. The van der Waals surface area contributed by atoms with E-state index in [2.05, 4.69) is 15.4 Å². The van der Waals surface area contributed by atoms with Crippen molar-refractivity contribution in [2.24, 2.45) is 7.05 Å². The Balaban J connectivity index is 1.60. The number of amides is 2. The molecule has 4 rings (SSSR count). The van der Waals surface area contributed by atoms with E-state index in [0.29, 0.717) is 16.6 Å². The SMILES string of the molecule is Cc1c(C(=O)ON2C(=O)c3ccccc3C2=O)nnn1-c1ccn(C)n1. The van der Waals surface area contributed by atoms with Crippen LogP contribution in [0, 0.1) is 6.92 Å². The van der Waals surface area contributed by atoms with Gasteiger partial charge in [0.15, 0.2) is 11.5 Å². The molecule has 3 aromatic rings. The molecular weight excluding hydrogens is 340 g/mol. The number of nitrogens with zero attached hydrogens (tertiary/aromatic N) is 6. The molecule has 0 N–H and O–H groups in total.